The minimum absolute atomic E-state index is 0.253. The van der Waals surface area contributed by atoms with Gasteiger partial charge in [0.05, 0.1) is 0 Å². The summed E-state index contributed by atoms with van der Waals surface area (Å²) in [5.41, 5.74) is 6.91. The first-order chi connectivity index (χ1) is 7.97. The number of likely N-dealkylation sites (N-methyl/N-ethyl adjacent to an activating group) is 1. The summed E-state index contributed by atoms with van der Waals surface area (Å²) in [6, 6.07) is 0.333. The van der Waals surface area contributed by atoms with Crippen LogP contribution < -0.4 is 5.73 Å². The van der Waals surface area contributed by atoms with Gasteiger partial charge in [-0.1, -0.05) is 33.6 Å². The van der Waals surface area contributed by atoms with Crippen molar-refractivity contribution in [1.29, 1.82) is 0 Å². The van der Waals surface area contributed by atoms with Crippen molar-refractivity contribution in [2.45, 2.75) is 70.9 Å². The molecular formula is C15H32N2. The SMILES string of the molecule is CCC(CC)C(N)C1(N(C)C)CCC(C)CC1. The topological polar surface area (TPSA) is 29.3 Å². The quantitative estimate of drug-likeness (QED) is 0.799. The molecule has 1 atom stereocenters. The van der Waals surface area contributed by atoms with E-state index in [-0.39, 0.29) is 5.54 Å². The number of rotatable bonds is 5. The molecule has 2 heteroatoms. The van der Waals surface area contributed by atoms with Gasteiger partial charge in [-0.3, -0.25) is 0 Å². The van der Waals surface area contributed by atoms with Gasteiger partial charge in [0.2, 0.25) is 0 Å². The average molecular weight is 240 g/mol. The first-order valence-corrected chi connectivity index (χ1v) is 7.41. The zero-order chi connectivity index (χ0) is 13.1. The molecule has 0 aliphatic heterocycles. The Kier molecular flexibility index (Phi) is 5.46. The van der Waals surface area contributed by atoms with E-state index in [1.54, 1.807) is 0 Å². The highest BCUT2D eigenvalue weighted by Crippen LogP contribution is 2.40. The monoisotopic (exact) mass is 240 g/mol. The molecule has 0 spiro atoms. The molecule has 0 amide bonds. The number of hydrogen-bond acceptors (Lipinski definition) is 2. The van der Waals surface area contributed by atoms with E-state index in [2.05, 4.69) is 39.8 Å². The Morgan fingerprint density at radius 2 is 1.65 bits per heavy atom. The molecule has 1 saturated carbocycles. The van der Waals surface area contributed by atoms with Gasteiger partial charge in [-0.25, -0.2) is 0 Å². The van der Waals surface area contributed by atoms with E-state index < -0.39 is 0 Å². The molecule has 0 aromatic heterocycles. The molecule has 0 radical (unpaired) electrons. The van der Waals surface area contributed by atoms with Crippen LogP contribution in [-0.2, 0) is 0 Å². The highest BCUT2D eigenvalue weighted by molar-refractivity contribution is 5.02. The number of nitrogens with zero attached hydrogens (tertiary/aromatic N) is 1. The summed E-state index contributed by atoms with van der Waals surface area (Å²) in [4.78, 5) is 2.42. The fourth-order valence-electron chi connectivity index (χ4n) is 3.58. The van der Waals surface area contributed by atoms with Crippen LogP contribution >= 0.6 is 0 Å². The van der Waals surface area contributed by atoms with Gasteiger partial charge in [0.15, 0.2) is 0 Å². The summed E-state index contributed by atoms with van der Waals surface area (Å²) < 4.78 is 0. The van der Waals surface area contributed by atoms with Crippen molar-refractivity contribution in [3.8, 4) is 0 Å². The van der Waals surface area contributed by atoms with Gasteiger partial charge < -0.3 is 10.6 Å². The average Bonchev–Trinajstić information content (AvgIpc) is 2.31. The van der Waals surface area contributed by atoms with Crippen molar-refractivity contribution in [1.82, 2.24) is 4.90 Å². The van der Waals surface area contributed by atoms with Gasteiger partial charge in [-0.15, -0.1) is 0 Å². The van der Waals surface area contributed by atoms with Gasteiger partial charge in [0.1, 0.15) is 0 Å². The standard InChI is InChI=1S/C15H32N2/c1-6-13(7-2)14(16)15(17(4)5)10-8-12(3)9-11-15/h12-14H,6-11,16H2,1-5H3. The summed E-state index contributed by atoms with van der Waals surface area (Å²) in [5, 5.41) is 0. The molecule has 1 fully saturated rings. The first-order valence-electron chi connectivity index (χ1n) is 7.41. The molecule has 0 bridgehead atoms. The van der Waals surface area contributed by atoms with Crippen LogP contribution in [-0.4, -0.2) is 30.6 Å². The summed E-state index contributed by atoms with van der Waals surface area (Å²) in [7, 11) is 4.44. The Morgan fingerprint density at radius 1 is 1.18 bits per heavy atom. The molecule has 0 aromatic rings. The van der Waals surface area contributed by atoms with Crippen LogP contribution in [0.25, 0.3) is 0 Å². The maximum atomic E-state index is 6.65. The van der Waals surface area contributed by atoms with Crippen LogP contribution in [0.4, 0.5) is 0 Å². The summed E-state index contributed by atoms with van der Waals surface area (Å²) in [5.74, 6) is 1.56. The summed E-state index contributed by atoms with van der Waals surface area (Å²) in [6.45, 7) is 6.94. The maximum absolute atomic E-state index is 6.65. The van der Waals surface area contributed by atoms with Crippen molar-refractivity contribution in [3.05, 3.63) is 0 Å². The van der Waals surface area contributed by atoms with Crippen LogP contribution in [0.5, 0.6) is 0 Å². The Bertz CT molecular complexity index is 213. The molecule has 0 heterocycles. The minimum atomic E-state index is 0.253. The predicted octanol–water partition coefficient (Wildman–Crippen LogP) is 3.26. The molecular weight excluding hydrogens is 208 g/mol. The van der Waals surface area contributed by atoms with E-state index in [1.807, 2.05) is 0 Å². The Morgan fingerprint density at radius 3 is 2.00 bits per heavy atom. The van der Waals surface area contributed by atoms with Crippen molar-refractivity contribution >= 4 is 0 Å². The van der Waals surface area contributed by atoms with E-state index in [1.165, 1.54) is 38.5 Å². The second-order valence-corrected chi connectivity index (χ2v) is 6.28. The molecule has 1 rings (SSSR count). The van der Waals surface area contributed by atoms with E-state index in [0.717, 1.165) is 5.92 Å². The lowest BCUT2D eigenvalue weighted by Crippen LogP contribution is -2.61. The lowest BCUT2D eigenvalue weighted by atomic mass is 9.68. The Balaban J connectivity index is 2.84. The zero-order valence-corrected chi connectivity index (χ0v) is 12.5. The molecule has 1 aliphatic rings. The van der Waals surface area contributed by atoms with E-state index in [4.69, 9.17) is 5.73 Å². The molecule has 0 saturated heterocycles. The number of nitrogens with two attached hydrogens (primary N) is 1. The van der Waals surface area contributed by atoms with Crippen LogP contribution in [0.2, 0.25) is 0 Å². The van der Waals surface area contributed by atoms with Crippen molar-refractivity contribution in [3.63, 3.8) is 0 Å². The fourth-order valence-corrected chi connectivity index (χ4v) is 3.58. The molecule has 102 valence electrons. The molecule has 1 aliphatic carbocycles. The second kappa shape index (κ2) is 6.19. The van der Waals surface area contributed by atoms with Crippen LogP contribution in [0.15, 0.2) is 0 Å². The van der Waals surface area contributed by atoms with Crippen molar-refractivity contribution in [2.75, 3.05) is 14.1 Å². The molecule has 2 N–H and O–H groups in total. The third-order valence-electron chi connectivity index (χ3n) is 5.21. The van der Waals surface area contributed by atoms with E-state index in [0.29, 0.717) is 12.0 Å². The van der Waals surface area contributed by atoms with Crippen molar-refractivity contribution < 1.29 is 0 Å². The predicted molar refractivity (Wildman–Crippen MR) is 76.1 cm³/mol. The van der Waals surface area contributed by atoms with Gasteiger partial charge in [0.25, 0.3) is 0 Å². The molecule has 17 heavy (non-hydrogen) atoms. The summed E-state index contributed by atoms with van der Waals surface area (Å²) >= 11 is 0. The lowest BCUT2D eigenvalue weighted by molar-refractivity contribution is 0.0347. The highest BCUT2D eigenvalue weighted by atomic mass is 15.2. The second-order valence-electron chi connectivity index (χ2n) is 6.28. The van der Waals surface area contributed by atoms with Crippen LogP contribution in [0.3, 0.4) is 0 Å². The van der Waals surface area contributed by atoms with Gasteiger partial charge in [0, 0.05) is 11.6 Å². The van der Waals surface area contributed by atoms with Crippen molar-refractivity contribution in [2.24, 2.45) is 17.6 Å². The molecule has 1 unspecified atom stereocenters. The number of hydrogen-bond donors (Lipinski definition) is 1. The largest absolute Gasteiger partial charge is 0.326 e. The zero-order valence-electron chi connectivity index (χ0n) is 12.5. The Hall–Kier alpha value is -0.0800. The van der Waals surface area contributed by atoms with Gasteiger partial charge in [-0.05, 0) is 51.6 Å². The highest BCUT2D eigenvalue weighted by Gasteiger charge is 2.43. The normalized spacial score (nSPS) is 32.1. The third kappa shape index (κ3) is 3.03. The van der Waals surface area contributed by atoms with Gasteiger partial charge in [-0.2, -0.15) is 0 Å². The Labute approximate surface area is 108 Å². The van der Waals surface area contributed by atoms with E-state index in [9.17, 15) is 0 Å². The smallest absolute Gasteiger partial charge is 0.0357 e. The maximum Gasteiger partial charge on any atom is 0.0357 e. The minimum Gasteiger partial charge on any atom is -0.326 e. The summed E-state index contributed by atoms with van der Waals surface area (Å²) in [6.07, 6.45) is 7.65. The van der Waals surface area contributed by atoms with Crippen LogP contribution in [0.1, 0.15) is 59.3 Å². The lowest BCUT2D eigenvalue weighted by Gasteiger charge is -2.50. The fraction of sp³-hybridized carbons (Fsp3) is 1.00. The van der Waals surface area contributed by atoms with Gasteiger partial charge >= 0.3 is 0 Å². The first kappa shape index (κ1) is 15.0. The molecule has 0 aromatic carbocycles. The third-order valence-corrected chi connectivity index (χ3v) is 5.21. The van der Waals surface area contributed by atoms with Crippen LogP contribution in [0, 0.1) is 11.8 Å². The molecule has 2 nitrogen and oxygen atoms in total. The van der Waals surface area contributed by atoms with E-state index >= 15 is 0 Å².